The van der Waals surface area contributed by atoms with Crippen LogP contribution in [-0.4, -0.2) is 0 Å². The quantitative estimate of drug-likeness (QED) is 0.213. The van der Waals surface area contributed by atoms with Gasteiger partial charge in [-0.05, 0) is 181 Å². The molecule has 4 atom stereocenters. The first kappa shape index (κ1) is 27.9. The molecule has 0 heterocycles. The molecule has 4 aromatic carbocycles. The largest absolute Gasteiger partial charge is 0.0622 e. The van der Waals surface area contributed by atoms with Crippen molar-refractivity contribution in [1.29, 1.82) is 0 Å². The van der Waals surface area contributed by atoms with Crippen molar-refractivity contribution in [3.63, 3.8) is 0 Å². The minimum Gasteiger partial charge on any atom is -0.0622 e. The van der Waals surface area contributed by atoms with Crippen LogP contribution in [0, 0.1) is 48.3 Å². The van der Waals surface area contributed by atoms with Gasteiger partial charge in [-0.1, -0.05) is 97.1 Å². The molecule has 8 aliphatic carbocycles. The van der Waals surface area contributed by atoms with Gasteiger partial charge in [0.15, 0.2) is 0 Å². The number of hydrogen-bond donors (Lipinski definition) is 0. The third-order valence-corrected chi connectivity index (χ3v) is 15.1. The van der Waals surface area contributed by atoms with E-state index in [0.717, 1.165) is 23.7 Å². The van der Waals surface area contributed by atoms with E-state index in [9.17, 15) is 0 Å². The maximum atomic E-state index is 2.66. The number of rotatable bonds is 5. The molecule has 8 saturated carbocycles. The molecule has 0 N–H and O–H groups in total. The predicted octanol–water partition coefficient (Wildman–Crippen LogP) is 12.0. The van der Waals surface area contributed by atoms with Crippen LogP contribution in [0.3, 0.4) is 0 Å². The molecule has 46 heavy (non-hydrogen) atoms. The van der Waals surface area contributed by atoms with E-state index in [4.69, 9.17) is 0 Å². The number of hydrogen-bond acceptors (Lipinski definition) is 0. The minimum absolute atomic E-state index is 0.374. The van der Waals surface area contributed by atoms with Gasteiger partial charge in [0, 0.05) is 0 Å². The lowest BCUT2D eigenvalue weighted by atomic mass is 9.30. The van der Waals surface area contributed by atoms with Gasteiger partial charge in [0.1, 0.15) is 0 Å². The van der Waals surface area contributed by atoms with Crippen molar-refractivity contribution in [1.82, 2.24) is 0 Å². The first-order valence-corrected chi connectivity index (χ1v) is 18.7. The Labute approximate surface area is 277 Å². The molecule has 8 aliphatic rings. The van der Waals surface area contributed by atoms with Gasteiger partial charge in [-0.2, -0.15) is 0 Å². The van der Waals surface area contributed by atoms with Crippen molar-refractivity contribution < 1.29 is 0 Å². The van der Waals surface area contributed by atoms with Crippen molar-refractivity contribution in [2.75, 3.05) is 0 Å². The van der Waals surface area contributed by atoms with E-state index < -0.39 is 0 Å². The summed E-state index contributed by atoms with van der Waals surface area (Å²) < 4.78 is 0. The van der Waals surface area contributed by atoms with E-state index in [-0.39, 0.29) is 0 Å². The lowest BCUT2D eigenvalue weighted by molar-refractivity contribution is -0.212. The molecule has 8 fully saturated rings. The Morgan fingerprint density at radius 3 is 1.15 bits per heavy atom. The number of benzene rings is 4. The zero-order valence-electron chi connectivity index (χ0n) is 28.0. The summed E-state index contributed by atoms with van der Waals surface area (Å²) in [4.78, 5) is 0. The second kappa shape index (κ2) is 9.71. The van der Waals surface area contributed by atoms with Crippen LogP contribution >= 0.6 is 0 Å². The molecule has 8 bridgehead atoms. The zero-order valence-corrected chi connectivity index (χ0v) is 28.0. The summed E-state index contributed by atoms with van der Waals surface area (Å²) >= 11 is 0. The Morgan fingerprint density at radius 2 is 0.783 bits per heavy atom. The Bertz CT molecular complexity index is 1650. The Hall–Kier alpha value is -3.12. The maximum absolute atomic E-state index is 2.66. The Balaban J connectivity index is 1.07. The second-order valence-electron chi connectivity index (χ2n) is 17.8. The highest BCUT2D eigenvalue weighted by Crippen LogP contribution is 2.79. The third kappa shape index (κ3) is 3.98. The molecule has 0 aromatic heterocycles. The van der Waals surface area contributed by atoms with E-state index in [2.05, 4.69) is 111 Å². The lowest BCUT2D eigenvalue weighted by Gasteiger charge is -2.74. The van der Waals surface area contributed by atoms with Crippen molar-refractivity contribution in [3.8, 4) is 22.3 Å². The first-order chi connectivity index (χ1) is 22.4. The van der Waals surface area contributed by atoms with Crippen molar-refractivity contribution in [3.05, 3.63) is 119 Å². The van der Waals surface area contributed by atoms with Crippen LogP contribution in [0.1, 0.15) is 99.3 Å². The average Bonchev–Trinajstić information content (AvgIpc) is 3.05. The van der Waals surface area contributed by atoms with Gasteiger partial charge >= 0.3 is 0 Å². The molecular formula is C46H50. The normalized spacial score (nSPS) is 38.4. The number of aryl methyl sites for hydroxylation is 2. The lowest BCUT2D eigenvalue weighted by Crippen LogP contribution is -2.66. The summed E-state index contributed by atoms with van der Waals surface area (Å²) in [7, 11) is 0. The van der Waals surface area contributed by atoms with Gasteiger partial charge in [-0.25, -0.2) is 0 Å². The van der Waals surface area contributed by atoms with Gasteiger partial charge in [-0.3, -0.25) is 0 Å². The van der Waals surface area contributed by atoms with Gasteiger partial charge in [0.2, 0.25) is 0 Å². The van der Waals surface area contributed by atoms with Crippen LogP contribution in [-0.2, 0) is 10.8 Å². The molecule has 0 aliphatic heterocycles. The fourth-order valence-corrected chi connectivity index (χ4v) is 14.4. The molecule has 4 unspecified atom stereocenters. The molecule has 0 nitrogen and oxygen atoms in total. The smallest absolute Gasteiger partial charge is 0.00334 e. The fraction of sp³-hybridized carbons (Fsp3) is 0.478. The monoisotopic (exact) mass is 602 g/mol. The second-order valence-corrected chi connectivity index (χ2v) is 17.8. The van der Waals surface area contributed by atoms with Crippen LogP contribution in [0.2, 0.25) is 0 Å². The van der Waals surface area contributed by atoms with Crippen LogP contribution in [0.25, 0.3) is 22.3 Å². The highest BCUT2D eigenvalue weighted by atomic mass is 14.7. The molecule has 12 rings (SSSR count). The molecule has 234 valence electrons. The topological polar surface area (TPSA) is 0 Å². The molecule has 0 radical (unpaired) electrons. The summed E-state index contributed by atoms with van der Waals surface area (Å²) in [5, 5.41) is 0. The van der Waals surface area contributed by atoms with E-state index in [1.807, 2.05) is 0 Å². The van der Waals surface area contributed by atoms with Crippen molar-refractivity contribution >= 4 is 0 Å². The highest BCUT2D eigenvalue weighted by Gasteiger charge is 2.70. The van der Waals surface area contributed by atoms with Gasteiger partial charge in [0.05, 0.1) is 0 Å². The van der Waals surface area contributed by atoms with E-state index in [1.54, 1.807) is 22.3 Å². The van der Waals surface area contributed by atoms with Crippen LogP contribution in [0.4, 0.5) is 0 Å². The third-order valence-electron chi connectivity index (χ3n) is 15.1. The molecular weight excluding hydrogens is 553 g/mol. The molecule has 4 aromatic rings. The Kier molecular flexibility index (Phi) is 5.90. The van der Waals surface area contributed by atoms with Gasteiger partial charge in [-0.15, -0.1) is 0 Å². The molecule has 0 spiro atoms. The first-order valence-electron chi connectivity index (χ1n) is 18.7. The van der Waals surface area contributed by atoms with Gasteiger partial charge in [0.25, 0.3) is 0 Å². The highest BCUT2D eigenvalue weighted by molar-refractivity contribution is 5.67. The van der Waals surface area contributed by atoms with Crippen LogP contribution < -0.4 is 0 Å². The molecule has 0 amide bonds. The summed E-state index contributed by atoms with van der Waals surface area (Å²) in [5.74, 6) is 3.70. The maximum Gasteiger partial charge on any atom is -0.00334 e. The average molecular weight is 603 g/mol. The Morgan fingerprint density at radius 1 is 0.413 bits per heavy atom. The van der Waals surface area contributed by atoms with Crippen molar-refractivity contribution in [2.45, 2.75) is 102 Å². The summed E-state index contributed by atoms with van der Waals surface area (Å²) in [6.45, 7) is 4.86. The van der Waals surface area contributed by atoms with Crippen LogP contribution in [0.5, 0.6) is 0 Å². The van der Waals surface area contributed by atoms with E-state index >= 15 is 0 Å². The summed E-state index contributed by atoms with van der Waals surface area (Å²) in [6.07, 6.45) is 17.8. The fourth-order valence-electron chi connectivity index (χ4n) is 14.4. The molecule has 0 saturated heterocycles. The summed E-state index contributed by atoms with van der Waals surface area (Å²) in [5.41, 5.74) is 13.9. The van der Waals surface area contributed by atoms with Crippen LogP contribution in [0.15, 0.2) is 97.1 Å². The molecule has 0 heteroatoms. The summed E-state index contributed by atoms with van der Waals surface area (Å²) in [6, 6.07) is 37.4. The minimum atomic E-state index is 0.374. The van der Waals surface area contributed by atoms with Crippen molar-refractivity contribution in [2.24, 2.45) is 34.5 Å². The zero-order chi connectivity index (χ0) is 30.7. The standard InChI is InChI=1S/C46H50/c1-31-13-15-39(37-9-5-3-6-10-37)19-41(31)43-21-33-17-34(22-43)26-45(25-33,29-43)46-27-35-18-36(28-46)24-44(23-35,30-46)42-20-40(16-14-32(42)2)38-11-7-4-8-12-38/h3-16,19-20,33-36H,17-18,21-30H2,1-2H3. The SMILES string of the molecule is Cc1ccc(-c2ccccc2)cc1C12CC3CC(C1)CC(C14CC5CC(CC(c6cc(-c7ccccc7)ccc6C)(C5)C1)C4)(C3)C2. The van der Waals surface area contributed by atoms with E-state index in [1.165, 1.54) is 99.3 Å². The van der Waals surface area contributed by atoms with E-state index in [0.29, 0.717) is 21.7 Å². The predicted molar refractivity (Wildman–Crippen MR) is 191 cm³/mol. The van der Waals surface area contributed by atoms with Gasteiger partial charge < -0.3 is 0 Å².